The van der Waals surface area contributed by atoms with Crippen LogP contribution in [0.2, 0.25) is 0 Å². The van der Waals surface area contributed by atoms with Gasteiger partial charge in [0.05, 0.1) is 8.47 Å². The molecule has 76 valence electrons. The Morgan fingerprint density at radius 2 is 1.60 bits per heavy atom. The molecule has 2 heterocycles. The van der Waals surface area contributed by atoms with Crippen molar-refractivity contribution in [3.05, 3.63) is 53.9 Å². The molecule has 15 heavy (non-hydrogen) atoms. The van der Waals surface area contributed by atoms with E-state index in [1.807, 2.05) is 47.0 Å². The third kappa shape index (κ3) is 2.13. The molecule has 0 nitrogen and oxygen atoms in total. The molecular weight excluding hydrogens is 260 g/mol. The molecule has 2 aliphatic heterocycles. The molecule has 0 fully saturated rings. The highest BCUT2D eigenvalue weighted by atomic mass is 32.2. The lowest BCUT2D eigenvalue weighted by atomic mass is 10.2. The highest BCUT2D eigenvalue weighted by Crippen LogP contribution is 2.55. The van der Waals surface area contributed by atoms with Gasteiger partial charge in [-0.25, -0.2) is 0 Å². The van der Waals surface area contributed by atoms with E-state index in [-0.39, 0.29) is 0 Å². The molecule has 0 aromatic rings. The Morgan fingerprint density at radius 3 is 2.33 bits per heavy atom. The first-order valence-electron chi connectivity index (χ1n) is 4.56. The summed E-state index contributed by atoms with van der Waals surface area (Å²) in [7, 11) is 0. The zero-order chi connectivity index (χ0) is 10.1. The van der Waals surface area contributed by atoms with E-state index in [1.165, 1.54) is 13.4 Å². The number of rotatable bonds is 1. The molecule has 0 aromatic carbocycles. The predicted molar refractivity (Wildman–Crippen MR) is 76.4 cm³/mol. The number of hydrogen-bond acceptors (Lipinski definition) is 4. The molecule has 0 amide bonds. The summed E-state index contributed by atoms with van der Waals surface area (Å²) < 4.78 is 2.88. The molecular formula is C11H8S4. The SMILES string of the molecule is C1=CC(C2=CSC(=C3SC=CS3)S2)C=C1. The second-order valence-corrected chi connectivity index (χ2v) is 7.43. The van der Waals surface area contributed by atoms with Gasteiger partial charge in [0.15, 0.2) is 0 Å². The molecule has 4 heteroatoms. The fourth-order valence-corrected chi connectivity index (χ4v) is 6.01. The summed E-state index contributed by atoms with van der Waals surface area (Å²) in [6.07, 6.45) is 8.76. The van der Waals surface area contributed by atoms with E-state index in [1.54, 1.807) is 0 Å². The summed E-state index contributed by atoms with van der Waals surface area (Å²) in [4.78, 5) is 1.46. The van der Waals surface area contributed by atoms with Gasteiger partial charge in [-0.05, 0) is 16.2 Å². The van der Waals surface area contributed by atoms with Crippen LogP contribution in [0.3, 0.4) is 0 Å². The predicted octanol–water partition coefficient (Wildman–Crippen LogP) is 5.13. The minimum Gasteiger partial charge on any atom is -0.0884 e. The molecule has 3 rings (SSSR count). The maximum Gasteiger partial charge on any atom is 0.0697 e. The molecule has 0 atom stereocenters. The molecule has 0 N–H and O–H groups in total. The van der Waals surface area contributed by atoms with Crippen molar-refractivity contribution in [2.45, 2.75) is 0 Å². The number of thioether (sulfide) groups is 4. The van der Waals surface area contributed by atoms with Crippen LogP contribution in [0.1, 0.15) is 0 Å². The van der Waals surface area contributed by atoms with Gasteiger partial charge in [-0.1, -0.05) is 71.4 Å². The van der Waals surface area contributed by atoms with Crippen molar-refractivity contribution in [3.63, 3.8) is 0 Å². The zero-order valence-corrected chi connectivity index (χ0v) is 11.0. The average Bonchev–Trinajstić information content (AvgIpc) is 3.02. The second-order valence-electron chi connectivity index (χ2n) is 3.12. The van der Waals surface area contributed by atoms with Crippen molar-refractivity contribution in [2.24, 2.45) is 5.92 Å². The average molecular weight is 268 g/mol. The van der Waals surface area contributed by atoms with E-state index in [2.05, 4.69) is 40.5 Å². The van der Waals surface area contributed by atoms with Gasteiger partial charge in [-0.3, -0.25) is 0 Å². The van der Waals surface area contributed by atoms with E-state index in [0.29, 0.717) is 5.92 Å². The molecule has 0 spiro atoms. The van der Waals surface area contributed by atoms with Crippen LogP contribution in [0, 0.1) is 5.92 Å². The van der Waals surface area contributed by atoms with Crippen LogP contribution in [-0.4, -0.2) is 0 Å². The minimum absolute atomic E-state index is 0.518. The topological polar surface area (TPSA) is 0 Å². The van der Waals surface area contributed by atoms with E-state index >= 15 is 0 Å². The second kappa shape index (κ2) is 4.53. The summed E-state index contributed by atoms with van der Waals surface area (Å²) in [6, 6.07) is 0. The normalized spacial score (nSPS) is 24.7. The third-order valence-electron chi connectivity index (χ3n) is 2.14. The van der Waals surface area contributed by atoms with Crippen LogP contribution in [0.15, 0.2) is 53.9 Å². The molecule has 0 aromatic heterocycles. The van der Waals surface area contributed by atoms with Gasteiger partial charge >= 0.3 is 0 Å². The van der Waals surface area contributed by atoms with Gasteiger partial charge in [-0.15, -0.1) is 0 Å². The summed E-state index contributed by atoms with van der Waals surface area (Å²) >= 11 is 7.46. The smallest absolute Gasteiger partial charge is 0.0697 e. The van der Waals surface area contributed by atoms with Crippen LogP contribution in [-0.2, 0) is 0 Å². The molecule has 0 saturated carbocycles. The summed E-state index contributed by atoms with van der Waals surface area (Å²) in [5, 5.41) is 6.60. The zero-order valence-electron chi connectivity index (χ0n) is 7.75. The summed E-state index contributed by atoms with van der Waals surface area (Å²) in [6.45, 7) is 0. The Hall–Kier alpha value is 0.1000. The fourth-order valence-electron chi connectivity index (χ4n) is 1.43. The lowest BCUT2D eigenvalue weighted by molar-refractivity contribution is 1.08. The lowest BCUT2D eigenvalue weighted by Gasteiger charge is -2.05. The molecule has 0 unspecified atom stereocenters. The van der Waals surface area contributed by atoms with E-state index < -0.39 is 0 Å². The standard InChI is InChI=1S/C11H8S4/c1-2-4-8(3-1)9-7-14-11(15-9)10-12-5-6-13-10/h1-8H. The van der Waals surface area contributed by atoms with Gasteiger partial charge in [0.2, 0.25) is 0 Å². The first kappa shape index (κ1) is 10.3. The van der Waals surface area contributed by atoms with E-state index in [4.69, 9.17) is 0 Å². The third-order valence-corrected chi connectivity index (χ3v) is 7.28. The lowest BCUT2D eigenvalue weighted by Crippen LogP contribution is -1.87. The fraction of sp³-hybridized carbons (Fsp3) is 0.0909. The van der Waals surface area contributed by atoms with Crippen molar-refractivity contribution in [3.8, 4) is 0 Å². The Kier molecular flexibility index (Phi) is 3.10. The maximum atomic E-state index is 2.29. The largest absolute Gasteiger partial charge is 0.0884 e. The van der Waals surface area contributed by atoms with Crippen molar-refractivity contribution in [1.82, 2.24) is 0 Å². The highest BCUT2D eigenvalue weighted by molar-refractivity contribution is 8.33. The Labute approximate surface area is 106 Å². The highest BCUT2D eigenvalue weighted by Gasteiger charge is 2.22. The molecule has 3 aliphatic rings. The van der Waals surface area contributed by atoms with Crippen LogP contribution in [0.5, 0.6) is 0 Å². The van der Waals surface area contributed by atoms with E-state index in [9.17, 15) is 0 Å². The molecule has 0 bridgehead atoms. The quantitative estimate of drug-likeness (QED) is 0.646. The maximum absolute atomic E-state index is 2.29. The van der Waals surface area contributed by atoms with Crippen LogP contribution in [0.4, 0.5) is 0 Å². The Balaban J connectivity index is 1.74. The molecule has 0 radical (unpaired) electrons. The van der Waals surface area contributed by atoms with Crippen molar-refractivity contribution in [1.29, 1.82) is 0 Å². The number of allylic oxidation sites excluding steroid dienone is 5. The van der Waals surface area contributed by atoms with Crippen molar-refractivity contribution >= 4 is 47.0 Å². The van der Waals surface area contributed by atoms with E-state index in [0.717, 1.165) is 0 Å². The van der Waals surface area contributed by atoms with Gasteiger partial charge in [0.25, 0.3) is 0 Å². The monoisotopic (exact) mass is 268 g/mol. The minimum atomic E-state index is 0.518. The Bertz CT molecular complexity index is 404. The summed E-state index contributed by atoms with van der Waals surface area (Å²) in [5.74, 6) is 0.518. The first-order chi connectivity index (χ1) is 7.43. The first-order valence-corrected chi connectivity index (χ1v) is 8.01. The summed E-state index contributed by atoms with van der Waals surface area (Å²) in [5.41, 5.74) is 0. The van der Waals surface area contributed by atoms with Crippen LogP contribution >= 0.6 is 47.0 Å². The Morgan fingerprint density at radius 1 is 0.867 bits per heavy atom. The molecule has 0 saturated heterocycles. The van der Waals surface area contributed by atoms with Crippen molar-refractivity contribution in [2.75, 3.05) is 0 Å². The molecule has 1 aliphatic carbocycles. The van der Waals surface area contributed by atoms with Gasteiger partial charge in [0, 0.05) is 10.8 Å². The van der Waals surface area contributed by atoms with Crippen molar-refractivity contribution < 1.29 is 0 Å². The van der Waals surface area contributed by atoms with Crippen LogP contribution in [0.25, 0.3) is 0 Å². The van der Waals surface area contributed by atoms with Gasteiger partial charge < -0.3 is 0 Å². The number of hydrogen-bond donors (Lipinski definition) is 0. The van der Waals surface area contributed by atoms with Crippen LogP contribution < -0.4 is 0 Å². The van der Waals surface area contributed by atoms with Gasteiger partial charge in [-0.2, -0.15) is 0 Å². The van der Waals surface area contributed by atoms with Gasteiger partial charge in [0.1, 0.15) is 0 Å².